The second-order valence-electron chi connectivity index (χ2n) is 6.61. The average molecular weight is 288 g/mol. The monoisotopic (exact) mass is 288 g/mol. The molecule has 1 saturated heterocycles. The summed E-state index contributed by atoms with van der Waals surface area (Å²) in [5.74, 6) is 0.592. The molecular formula is C17H24N2O2. The number of carbonyl (C=O) groups is 1. The fourth-order valence-corrected chi connectivity index (χ4v) is 3.19. The van der Waals surface area contributed by atoms with E-state index in [1.165, 1.54) is 0 Å². The lowest BCUT2D eigenvalue weighted by atomic mass is 9.89. The zero-order valence-electron chi connectivity index (χ0n) is 12.8. The number of aliphatic hydroxyl groups is 1. The normalized spacial score (nSPS) is 22.4. The lowest BCUT2D eigenvalue weighted by molar-refractivity contribution is -0.145. The van der Waals surface area contributed by atoms with Crippen molar-refractivity contribution >= 4 is 5.91 Å². The van der Waals surface area contributed by atoms with Crippen molar-refractivity contribution < 1.29 is 9.90 Å². The Labute approximate surface area is 126 Å². The van der Waals surface area contributed by atoms with Crippen LogP contribution < -0.4 is 0 Å². The first kappa shape index (κ1) is 14.5. The SMILES string of the molecule is CC(c1ccccc1)N(C)C(=O)CN1CC(O)(C2CC2)C1. The predicted molar refractivity (Wildman–Crippen MR) is 81.7 cm³/mol. The molecule has 2 aliphatic rings. The molecule has 0 aromatic heterocycles. The molecule has 1 heterocycles. The maximum atomic E-state index is 12.4. The number of hydrogen-bond acceptors (Lipinski definition) is 3. The van der Waals surface area contributed by atoms with Gasteiger partial charge in [0.1, 0.15) is 0 Å². The number of nitrogens with zero attached hydrogens (tertiary/aromatic N) is 2. The van der Waals surface area contributed by atoms with Gasteiger partial charge in [-0.3, -0.25) is 9.69 Å². The van der Waals surface area contributed by atoms with Gasteiger partial charge in [0.15, 0.2) is 0 Å². The standard InChI is InChI=1S/C17H24N2O2/c1-13(14-6-4-3-5-7-14)18(2)16(20)10-19-11-17(21,12-19)15-8-9-15/h3-7,13,15,21H,8-12H2,1-2H3. The Bertz CT molecular complexity index is 507. The zero-order valence-corrected chi connectivity index (χ0v) is 12.8. The largest absolute Gasteiger partial charge is 0.387 e. The van der Waals surface area contributed by atoms with Crippen LogP contribution in [0.15, 0.2) is 30.3 Å². The molecule has 114 valence electrons. The second kappa shape index (κ2) is 5.43. The third kappa shape index (κ3) is 2.97. The number of carbonyl (C=O) groups excluding carboxylic acids is 1. The summed E-state index contributed by atoms with van der Waals surface area (Å²) in [6, 6.07) is 10.1. The molecule has 2 fully saturated rings. The topological polar surface area (TPSA) is 43.8 Å². The summed E-state index contributed by atoms with van der Waals surface area (Å²) in [5.41, 5.74) is 0.635. The molecule has 0 radical (unpaired) electrons. The summed E-state index contributed by atoms with van der Waals surface area (Å²) in [6.45, 7) is 3.75. The highest BCUT2D eigenvalue weighted by Gasteiger charge is 2.52. The molecule has 3 rings (SSSR count). The van der Waals surface area contributed by atoms with Gasteiger partial charge in [-0.25, -0.2) is 0 Å². The van der Waals surface area contributed by atoms with Crippen molar-refractivity contribution in [2.45, 2.75) is 31.4 Å². The fourth-order valence-electron chi connectivity index (χ4n) is 3.19. The van der Waals surface area contributed by atoms with E-state index < -0.39 is 5.60 Å². The number of benzene rings is 1. The Balaban J connectivity index is 1.51. The lowest BCUT2D eigenvalue weighted by Crippen LogP contribution is -2.64. The van der Waals surface area contributed by atoms with Gasteiger partial charge in [0.25, 0.3) is 0 Å². The van der Waals surface area contributed by atoms with Crippen molar-refractivity contribution in [3.63, 3.8) is 0 Å². The van der Waals surface area contributed by atoms with Crippen molar-refractivity contribution in [1.82, 2.24) is 9.80 Å². The van der Waals surface area contributed by atoms with Gasteiger partial charge in [-0.15, -0.1) is 0 Å². The quantitative estimate of drug-likeness (QED) is 0.896. The maximum absolute atomic E-state index is 12.4. The van der Waals surface area contributed by atoms with Crippen LogP contribution in [0.3, 0.4) is 0 Å². The highest BCUT2D eigenvalue weighted by Crippen LogP contribution is 2.44. The van der Waals surface area contributed by atoms with Crippen LogP contribution in [0.5, 0.6) is 0 Å². The summed E-state index contributed by atoms with van der Waals surface area (Å²) in [6.07, 6.45) is 2.28. The van der Waals surface area contributed by atoms with Crippen LogP contribution in [0.4, 0.5) is 0 Å². The molecule has 0 bridgehead atoms. The molecule has 1 saturated carbocycles. The third-order valence-electron chi connectivity index (χ3n) is 4.95. The van der Waals surface area contributed by atoms with Crippen molar-refractivity contribution in [3.8, 4) is 0 Å². The van der Waals surface area contributed by atoms with E-state index in [2.05, 4.69) is 4.90 Å². The number of rotatable bonds is 5. The Kier molecular flexibility index (Phi) is 3.76. The molecule has 1 N–H and O–H groups in total. The average Bonchev–Trinajstić information content (AvgIpc) is 3.29. The Morgan fingerprint density at radius 1 is 1.38 bits per heavy atom. The van der Waals surface area contributed by atoms with E-state index in [0.717, 1.165) is 18.4 Å². The van der Waals surface area contributed by atoms with Gasteiger partial charge in [-0.05, 0) is 31.2 Å². The lowest BCUT2D eigenvalue weighted by Gasteiger charge is -2.47. The van der Waals surface area contributed by atoms with Gasteiger partial charge in [0, 0.05) is 20.1 Å². The predicted octanol–water partition coefficient (Wildman–Crippen LogP) is 1.66. The van der Waals surface area contributed by atoms with E-state index in [1.807, 2.05) is 44.3 Å². The van der Waals surface area contributed by atoms with Crippen LogP contribution in [-0.2, 0) is 4.79 Å². The number of hydrogen-bond donors (Lipinski definition) is 1. The molecule has 1 amide bonds. The van der Waals surface area contributed by atoms with Gasteiger partial charge < -0.3 is 10.0 Å². The summed E-state index contributed by atoms with van der Waals surface area (Å²) < 4.78 is 0. The first-order valence-corrected chi connectivity index (χ1v) is 7.75. The molecule has 21 heavy (non-hydrogen) atoms. The van der Waals surface area contributed by atoms with Crippen LogP contribution in [0.25, 0.3) is 0 Å². The Morgan fingerprint density at radius 3 is 2.57 bits per heavy atom. The molecule has 1 aliphatic heterocycles. The number of β-amino-alcohol motifs (C(OH)–C–C–N with tert-alkyl or cyclic N) is 1. The van der Waals surface area contributed by atoms with E-state index in [9.17, 15) is 9.90 Å². The third-order valence-corrected chi connectivity index (χ3v) is 4.95. The van der Waals surface area contributed by atoms with E-state index in [1.54, 1.807) is 4.90 Å². The summed E-state index contributed by atoms with van der Waals surface area (Å²) in [4.78, 5) is 16.2. The van der Waals surface area contributed by atoms with Crippen molar-refractivity contribution in [3.05, 3.63) is 35.9 Å². The van der Waals surface area contributed by atoms with Gasteiger partial charge in [0.2, 0.25) is 5.91 Å². The van der Waals surface area contributed by atoms with E-state index in [0.29, 0.717) is 25.6 Å². The molecule has 4 nitrogen and oxygen atoms in total. The molecule has 1 aromatic carbocycles. The second-order valence-corrected chi connectivity index (χ2v) is 6.61. The minimum absolute atomic E-state index is 0.0716. The summed E-state index contributed by atoms with van der Waals surface area (Å²) in [7, 11) is 1.85. The van der Waals surface area contributed by atoms with E-state index >= 15 is 0 Å². The molecular weight excluding hydrogens is 264 g/mol. The zero-order chi connectivity index (χ0) is 15.0. The first-order valence-electron chi connectivity index (χ1n) is 7.75. The van der Waals surface area contributed by atoms with Crippen molar-refractivity contribution in [2.24, 2.45) is 5.92 Å². The minimum Gasteiger partial charge on any atom is -0.387 e. The highest BCUT2D eigenvalue weighted by molar-refractivity contribution is 5.78. The van der Waals surface area contributed by atoms with Gasteiger partial charge in [-0.2, -0.15) is 0 Å². The van der Waals surface area contributed by atoms with Crippen LogP contribution in [0.2, 0.25) is 0 Å². The molecule has 0 spiro atoms. The van der Waals surface area contributed by atoms with Crippen LogP contribution in [0, 0.1) is 5.92 Å². The number of likely N-dealkylation sites (tertiary alicyclic amines) is 1. The molecule has 1 unspecified atom stereocenters. The number of likely N-dealkylation sites (N-methyl/N-ethyl adjacent to an activating group) is 1. The van der Waals surface area contributed by atoms with Crippen LogP contribution >= 0.6 is 0 Å². The van der Waals surface area contributed by atoms with Gasteiger partial charge >= 0.3 is 0 Å². The van der Waals surface area contributed by atoms with Crippen molar-refractivity contribution in [1.29, 1.82) is 0 Å². The Morgan fingerprint density at radius 2 is 2.00 bits per heavy atom. The minimum atomic E-state index is -0.510. The molecule has 4 heteroatoms. The van der Waals surface area contributed by atoms with Gasteiger partial charge in [-0.1, -0.05) is 30.3 Å². The maximum Gasteiger partial charge on any atom is 0.236 e. The smallest absolute Gasteiger partial charge is 0.236 e. The van der Waals surface area contributed by atoms with Gasteiger partial charge in [0.05, 0.1) is 18.2 Å². The van der Waals surface area contributed by atoms with Crippen LogP contribution in [0.1, 0.15) is 31.4 Å². The number of amides is 1. The summed E-state index contributed by atoms with van der Waals surface area (Å²) in [5, 5.41) is 10.3. The first-order chi connectivity index (χ1) is 9.99. The van der Waals surface area contributed by atoms with E-state index in [4.69, 9.17) is 0 Å². The van der Waals surface area contributed by atoms with E-state index in [-0.39, 0.29) is 11.9 Å². The van der Waals surface area contributed by atoms with Crippen LogP contribution in [-0.4, -0.2) is 53.1 Å². The van der Waals surface area contributed by atoms with Crippen molar-refractivity contribution in [2.75, 3.05) is 26.7 Å². The molecule has 1 atom stereocenters. The molecule has 1 aromatic rings. The Hall–Kier alpha value is -1.39. The summed E-state index contributed by atoms with van der Waals surface area (Å²) >= 11 is 0. The highest BCUT2D eigenvalue weighted by atomic mass is 16.3. The molecule has 1 aliphatic carbocycles. The fraction of sp³-hybridized carbons (Fsp3) is 0.588.